The zero-order chi connectivity index (χ0) is 12.7. The lowest BCUT2D eigenvalue weighted by Gasteiger charge is -2.14. The van der Waals surface area contributed by atoms with Gasteiger partial charge in [-0.25, -0.2) is 0 Å². The molecule has 0 aromatic rings. The molecule has 1 unspecified atom stereocenters. The highest BCUT2D eigenvalue weighted by Crippen LogP contribution is 2.28. The summed E-state index contributed by atoms with van der Waals surface area (Å²) in [5.74, 6) is 0.369. The molecule has 1 aliphatic carbocycles. The van der Waals surface area contributed by atoms with Gasteiger partial charge in [0.25, 0.3) is 0 Å². The number of nitrogens with zero attached hydrogens (tertiary/aromatic N) is 1. The second-order valence-corrected chi connectivity index (χ2v) is 5.43. The van der Waals surface area contributed by atoms with Crippen molar-refractivity contribution in [2.75, 3.05) is 6.54 Å². The molecule has 0 saturated heterocycles. The van der Waals surface area contributed by atoms with Gasteiger partial charge in [-0.15, -0.1) is 0 Å². The van der Waals surface area contributed by atoms with E-state index in [1.54, 1.807) is 0 Å². The van der Waals surface area contributed by atoms with Gasteiger partial charge in [0.2, 0.25) is 5.91 Å². The third kappa shape index (κ3) is 4.77. The standard InChI is InChI=1S/C14H24N2O/c1-11(2)13(10-15)14(17)16-9-5-8-12-6-3-4-7-12/h11-13H,3-9H2,1-2H3,(H,16,17). The summed E-state index contributed by atoms with van der Waals surface area (Å²) in [5, 5.41) is 11.8. The maximum absolute atomic E-state index is 11.7. The summed E-state index contributed by atoms with van der Waals surface area (Å²) in [6.07, 6.45) is 7.75. The fourth-order valence-corrected chi connectivity index (χ4v) is 2.52. The Kier molecular flexibility index (Phi) is 6.04. The number of amides is 1. The van der Waals surface area contributed by atoms with Crippen molar-refractivity contribution in [2.24, 2.45) is 17.8 Å². The van der Waals surface area contributed by atoms with Gasteiger partial charge >= 0.3 is 0 Å². The molecule has 1 aliphatic rings. The van der Waals surface area contributed by atoms with E-state index in [0.29, 0.717) is 0 Å². The minimum atomic E-state index is -0.499. The summed E-state index contributed by atoms with van der Waals surface area (Å²) in [7, 11) is 0. The number of hydrogen-bond acceptors (Lipinski definition) is 2. The number of carbonyl (C=O) groups is 1. The minimum Gasteiger partial charge on any atom is -0.355 e. The molecular formula is C14H24N2O. The lowest BCUT2D eigenvalue weighted by atomic mass is 9.96. The van der Waals surface area contributed by atoms with Crippen molar-refractivity contribution in [3.05, 3.63) is 0 Å². The molecule has 0 aromatic heterocycles. The van der Waals surface area contributed by atoms with Gasteiger partial charge in [-0.05, 0) is 24.7 Å². The Balaban J connectivity index is 2.13. The van der Waals surface area contributed by atoms with Gasteiger partial charge in [-0.1, -0.05) is 39.5 Å². The van der Waals surface area contributed by atoms with E-state index in [0.717, 1.165) is 18.9 Å². The van der Waals surface area contributed by atoms with Crippen LogP contribution in [0.1, 0.15) is 52.4 Å². The molecule has 1 atom stereocenters. The molecule has 1 amide bonds. The molecular weight excluding hydrogens is 212 g/mol. The van der Waals surface area contributed by atoms with Crippen molar-refractivity contribution in [1.29, 1.82) is 5.26 Å². The van der Waals surface area contributed by atoms with Crippen LogP contribution >= 0.6 is 0 Å². The summed E-state index contributed by atoms with van der Waals surface area (Å²) in [5.41, 5.74) is 0. The molecule has 0 spiro atoms. The molecule has 0 aliphatic heterocycles. The number of carbonyl (C=O) groups excluding carboxylic acids is 1. The second-order valence-electron chi connectivity index (χ2n) is 5.43. The zero-order valence-corrected chi connectivity index (χ0v) is 11.0. The number of hydrogen-bond donors (Lipinski definition) is 1. The molecule has 1 fully saturated rings. The molecule has 0 heterocycles. The fourth-order valence-electron chi connectivity index (χ4n) is 2.52. The van der Waals surface area contributed by atoms with E-state index >= 15 is 0 Å². The monoisotopic (exact) mass is 236 g/mol. The predicted molar refractivity (Wildman–Crippen MR) is 68.1 cm³/mol. The van der Waals surface area contributed by atoms with Gasteiger partial charge in [-0.3, -0.25) is 4.79 Å². The lowest BCUT2D eigenvalue weighted by molar-refractivity contribution is -0.124. The summed E-state index contributed by atoms with van der Waals surface area (Å²) >= 11 is 0. The van der Waals surface area contributed by atoms with Crippen molar-refractivity contribution < 1.29 is 4.79 Å². The third-order valence-electron chi connectivity index (χ3n) is 3.65. The van der Waals surface area contributed by atoms with Crippen molar-refractivity contribution in [3.8, 4) is 6.07 Å². The van der Waals surface area contributed by atoms with E-state index in [1.165, 1.54) is 32.1 Å². The first-order chi connectivity index (χ1) is 8.15. The Morgan fingerprint density at radius 1 is 1.41 bits per heavy atom. The van der Waals surface area contributed by atoms with Gasteiger partial charge in [0.15, 0.2) is 0 Å². The number of nitriles is 1. The summed E-state index contributed by atoms with van der Waals surface area (Å²) in [6.45, 7) is 4.54. The lowest BCUT2D eigenvalue weighted by Crippen LogP contribution is -2.33. The molecule has 3 nitrogen and oxygen atoms in total. The van der Waals surface area contributed by atoms with Crippen LogP contribution in [-0.2, 0) is 4.79 Å². The molecule has 96 valence electrons. The summed E-state index contributed by atoms with van der Waals surface area (Å²) in [4.78, 5) is 11.7. The smallest absolute Gasteiger partial charge is 0.237 e. The maximum atomic E-state index is 11.7. The van der Waals surface area contributed by atoms with Crippen LogP contribution < -0.4 is 5.32 Å². The number of rotatable bonds is 6. The van der Waals surface area contributed by atoms with E-state index in [2.05, 4.69) is 11.4 Å². The van der Waals surface area contributed by atoms with Gasteiger partial charge in [-0.2, -0.15) is 5.26 Å². The van der Waals surface area contributed by atoms with Crippen LogP contribution in [0.2, 0.25) is 0 Å². The van der Waals surface area contributed by atoms with Crippen LogP contribution in [0, 0.1) is 29.1 Å². The van der Waals surface area contributed by atoms with Crippen LogP contribution in [-0.4, -0.2) is 12.5 Å². The Morgan fingerprint density at radius 2 is 2.06 bits per heavy atom. The van der Waals surface area contributed by atoms with E-state index in [9.17, 15) is 4.79 Å². The number of nitrogens with one attached hydrogen (secondary N) is 1. The van der Waals surface area contributed by atoms with Gasteiger partial charge < -0.3 is 5.32 Å². The van der Waals surface area contributed by atoms with Crippen LogP contribution in [0.4, 0.5) is 0 Å². The zero-order valence-electron chi connectivity index (χ0n) is 11.0. The van der Waals surface area contributed by atoms with Crippen molar-refractivity contribution in [2.45, 2.75) is 52.4 Å². The molecule has 0 aromatic carbocycles. The van der Waals surface area contributed by atoms with E-state index < -0.39 is 5.92 Å². The predicted octanol–water partition coefficient (Wildman–Crippen LogP) is 2.87. The minimum absolute atomic E-state index is 0.0924. The van der Waals surface area contributed by atoms with E-state index in [1.807, 2.05) is 13.8 Å². The van der Waals surface area contributed by atoms with Crippen LogP contribution in [0.5, 0.6) is 0 Å². The van der Waals surface area contributed by atoms with Gasteiger partial charge in [0.05, 0.1) is 6.07 Å². The molecule has 0 bridgehead atoms. The van der Waals surface area contributed by atoms with Gasteiger partial charge in [0, 0.05) is 6.54 Å². The first-order valence-corrected chi connectivity index (χ1v) is 6.82. The maximum Gasteiger partial charge on any atom is 0.237 e. The molecule has 1 N–H and O–H groups in total. The Bertz CT molecular complexity index is 274. The largest absolute Gasteiger partial charge is 0.355 e. The van der Waals surface area contributed by atoms with E-state index in [-0.39, 0.29) is 11.8 Å². The summed E-state index contributed by atoms with van der Waals surface area (Å²) in [6, 6.07) is 2.07. The average Bonchev–Trinajstić information content (AvgIpc) is 2.77. The molecule has 17 heavy (non-hydrogen) atoms. The normalized spacial score (nSPS) is 18.0. The highest BCUT2D eigenvalue weighted by molar-refractivity contribution is 5.81. The molecule has 0 radical (unpaired) electrons. The van der Waals surface area contributed by atoms with Crippen LogP contribution in [0.15, 0.2) is 0 Å². The van der Waals surface area contributed by atoms with Gasteiger partial charge in [0.1, 0.15) is 5.92 Å². The Hall–Kier alpha value is -1.04. The fraction of sp³-hybridized carbons (Fsp3) is 0.857. The van der Waals surface area contributed by atoms with Crippen molar-refractivity contribution in [1.82, 2.24) is 5.32 Å². The molecule has 1 saturated carbocycles. The molecule has 1 rings (SSSR count). The highest BCUT2D eigenvalue weighted by Gasteiger charge is 2.21. The van der Waals surface area contributed by atoms with E-state index in [4.69, 9.17) is 5.26 Å². The first kappa shape index (κ1) is 14.0. The van der Waals surface area contributed by atoms with Crippen LogP contribution in [0.3, 0.4) is 0 Å². The average molecular weight is 236 g/mol. The Morgan fingerprint density at radius 3 is 2.59 bits per heavy atom. The second kappa shape index (κ2) is 7.32. The third-order valence-corrected chi connectivity index (χ3v) is 3.65. The first-order valence-electron chi connectivity index (χ1n) is 6.82. The highest BCUT2D eigenvalue weighted by atomic mass is 16.1. The van der Waals surface area contributed by atoms with Crippen molar-refractivity contribution in [3.63, 3.8) is 0 Å². The van der Waals surface area contributed by atoms with Crippen molar-refractivity contribution >= 4 is 5.91 Å². The molecule has 3 heteroatoms. The SMILES string of the molecule is CC(C)C(C#N)C(=O)NCCCC1CCCC1. The topological polar surface area (TPSA) is 52.9 Å². The quantitative estimate of drug-likeness (QED) is 0.721. The Labute approximate surface area is 105 Å². The van der Waals surface area contributed by atoms with Crippen LogP contribution in [0.25, 0.3) is 0 Å². The summed E-state index contributed by atoms with van der Waals surface area (Å²) < 4.78 is 0.